The Balaban J connectivity index is 1.53. The first kappa shape index (κ1) is 12.7. The Kier molecular flexibility index (Phi) is 3.67. The number of hydrogen-bond acceptors (Lipinski definition) is 3. The van der Waals surface area contributed by atoms with Crippen LogP contribution in [0.15, 0.2) is 54.6 Å². The number of hydrogen-bond donors (Lipinski definition) is 0. The van der Waals surface area contributed by atoms with Crippen LogP contribution in [-0.4, -0.2) is 24.1 Å². The van der Waals surface area contributed by atoms with Gasteiger partial charge in [0.1, 0.15) is 11.9 Å². The molecular weight excluding hydrogens is 248 g/mol. The van der Waals surface area contributed by atoms with Gasteiger partial charge in [0.15, 0.2) is 0 Å². The first-order chi connectivity index (χ1) is 9.85. The Labute approximate surface area is 119 Å². The zero-order valence-electron chi connectivity index (χ0n) is 11.2. The van der Waals surface area contributed by atoms with Gasteiger partial charge in [0.05, 0.1) is 11.6 Å². The zero-order valence-corrected chi connectivity index (χ0v) is 11.2. The van der Waals surface area contributed by atoms with Gasteiger partial charge in [-0.25, -0.2) is 0 Å². The lowest BCUT2D eigenvalue weighted by Gasteiger charge is -2.39. The standard InChI is InChI=1S/C17H16N2O/c18-10-14-6-4-5-7-15(14)11-19-12-17(13-19)20-16-8-2-1-3-9-16/h1-9,17H,11-13H2. The molecule has 1 saturated heterocycles. The minimum absolute atomic E-state index is 0.256. The molecule has 0 saturated carbocycles. The fourth-order valence-electron chi connectivity index (χ4n) is 2.43. The summed E-state index contributed by atoms with van der Waals surface area (Å²) in [6.07, 6.45) is 0.256. The van der Waals surface area contributed by atoms with Crippen molar-refractivity contribution >= 4 is 0 Å². The van der Waals surface area contributed by atoms with E-state index in [0.29, 0.717) is 0 Å². The SMILES string of the molecule is N#Cc1ccccc1CN1CC(Oc2ccccc2)C1. The van der Waals surface area contributed by atoms with E-state index < -0.39 is 0 Å². The van der Waals surface area contributed by atoms with Gasteiger partial charge in [-0.3, -0.25) is 4.90 Å². The van der Waals surface area contributed by atoms with Crippen molar-refractivity contribution in [2.24, 2.45) is 0 Å². The van der Waals surface area contributed by atoms with Gasteiger partial charge in [-0.15, -0.1) is 0 Å². The number of nitriles is 1. The molecule has 0 atom stereocenters. The Morgan fingerprint density at radius 1 is 1.05 bits per heavy atom. The molecule has 1 aliphatic rings. The minimum atomic E-state index is 0.256. The molecule has 1 aliphatic heterocycles. The van der Waals surface area contributed by atoms with Crippen LogP contribution in [-0.2, 0) is 6.54 Å². The molecular formula is C17H16N2O. The molecule has 2 aromatic carbocycles. The van der Waals surface area contributed by atoms with E-state index >= 15 is 0 Å². The van der Waals surface area contributed by atoms with Crippen molar-refractivity contribution in [3.63, 3.8) is 0 Å². The smallest absolute Gasteiger partial charge is 0.124 e. The molecule has 1 heterocycles. The van der Waals surface area contributed by atoms with Gasteiger partial charge in [-0.2, -0.15) is 5.26 Å². The summed E-state index contributed by atoms with van der Waals surface area (Å²) in [5, 5.41) is 9.08. The monoisotopic (exact) mass is 264 g/mol. The number of likely N-dealkylation sites (tertiary alicyclic amines) is 1. The highest BCUT2D eigenvalue weighted by Crippen LogP contribution is 2.20. The quantitative estimate of drug-likeness (QED) is 0.852. The molecule has 20 heavy (non-hydrogen) atoms. The number of rotatable bonds is 4. The number of para-hydroxylation sites is 1. The number of benzene rings is 2. The Hall–Kier alpha value is -2.31. The van der Waals surface area contributed by atoms with Crippen LogP contribution in [0, 0.1) is 11.3 Å². The van der Waals surface area contributed by atoms with Crippen LogP contribution in [0.4, 0.5) is 0 Å². The Morgan fingerprint density at radius 2 is 1.75 bits per heavy atom. The maximum Gasteiger partial charge on any atom is 0.124 e. The summed E-state index contributed by atoms with van der Waals surface area (Å²) >= 11 is 0. The van der Waals surface area contributed by atoms with Gasteiger partial charge in [-0.1, -0.05) is 36.4 Å². The molecule has 0 aliphatic carbocycles. The average molecular weight is 264 g/mol. The van der Waals surface area contributed by atoms with Crippen LogP contribution < -0.4 is 4.74 Å². The van der Waals surface area contributed by atoms with Crippen molar-refractivity contribution in [2.75, 3.05) is 13.1 Å². The second-order valence-electron chi connectivity index (χ2n) is 5.02. The van der Waals surface area contributed by atoms with Crippen LogP contribution >= 0.6 is 0 Å². The molecule has 0 aromatic heterocycles. The summed E-state index contributed by atoms with van der Waals surface area (Å²) < 4.78 is 5.87. The highest BCUT2D eigenvalue weighted by Gasteiger charge is 2.28. The van der Waals surface area contributed by atoms with Crippen LogP contribution in [0.25, 0.3) is 0 Å². The van der Waals surface area contributed by atoms with Crippen LogP contribution in [0.1, 0.15) is 11.1 Å². The molecule has 3 rings (SSSR count). The maximum absolute atomic E-state index is 9.08. The third-order valence-electron chi connectivity index (χ3n) is 3.50. The zero-order chi connectivity index (χ0) is 13.8. The van der Waals surface area contributed by atoms with Crippen molar-refractivity contribution in [1.82, 2.24) is 4.90 Å². The van der Waals surface area contributed by atoms with E-state index in [1.54, 1.807) is 0 Å². The number of nitrogens with zero attached hydrogens (tertiary/aromatic N) is 2. The lowest BCUT2D eigenvalue weighted by Crippen LogP contribution is -2.53. The van der Waals surface area contributed by atoms with Crippen LogP contribution in [0.3, 0.4) is 0 Å². The van der Waals surface area contributed by atoms with E-state index in [1.807, 2.05) is 54.6 Å². The third kappa shape index (κ3) is 2.81. The molecule has 0 unspecified atom stereocenters. The predicted octanol–water partition coefficient (Wildman–Crippen LogP) is 2.82. The predicted molar refractivity (Wildman–Crippen MR) is 77.3 cm³/mol. The topological polar surface area (TPSA) is 36.3 Å². The minimum Gasteiger partial charge on any atom is -0.488 e. The first-order valence-electron chi connectivity index (χ1n) is 6.77. The fraction of sp³-hybridized carbons (Fsp3) is 0.235. The van der Waals surface area contributed by atoms with Crippen molar-refractivity contribution in [3.05, 3.63) is 65.7 Å². The second-order valence-corrected chi connectivity index (χ2v) is 5.02. The molecule has 0 bridgehead atoms. The van der Waals surface area contributed by atoms with Gasteiger partial charge in [0.2, 0.25) is 0 Å². The lowest BCUT2D eigenvalue weighted by atomic mass is 10.1. The van der Waals surface area contributed by atoms with Crippen LogP contribution in [0.5, 0.6) is 5.75 Å². The lowest BCUT2D eigenvalue weighted by molar-refractivity contribution is 0.0145. The summed E-state index contributed by atoms with van der Waals surface area (Å²) in [6.45, 7) is 2.64. The molecule has 0 spiro atoms. The van der Waals surface area contributed by atoms with Crippen molar-refractivity contribution in [2.45, 2.75) is 12.6 Å². The van der Waals surface area contributed by atoms with Crippen molar-refractivity contribution in [3.8, 4) is 11.8 Å². The van der Waals surface area contributed by atoms with Gasteiger partial charge >= 0.3 is 0 Å². The highest BCUT2D eigenvalue weighted by atomic mass is 16.5. The van der Waals surface area contributed by atoms with E-state index in [4.69, 9.17) is 10.00 Å². The number of ether oxygens (including phenoxy) is 1. The molecule has 100 valence electrons. The summed E-state index contributed by atoms with van der Waals surface area (Å²) in [7, 11) is 0. The van der Waals surface area contributed by atoms with E-state index in [-0.39, 0.29) is 6.10 Å². The van der Waals surface area contributed by atoms with E-state index in [9.17, 15) is 0 Å². The molecule has 3 nitrogen and oxygen atoms in total. The molecule has 0 N–H and O–H groups in total. The van der Waals surface area contributed by atoms with Crippen molar-refractivity contribution in [1.29, 1.82) is 5.26 Å². The van der Waals surface area contributed by atoms with Crippen molar-refractivity contribution < 1.29 is 4.74 Å². The molecule has 0 amide bonds. The average Bonchev–Trinajstić information content (AvgIpc) is 2.46. The summed E-state index contributed by atoms with van der Waals surface area (Å²) in [5.74, 6) is 0.926. The summed E-state index contributed by atoms with van der Waals surface area (Å²) in [4.78, 5) is 2.30. The largest absolute Gasteiger partial charge is 0.488 e. The van der Waals surface area contributed by atoms with Gasteiger partial charge in [0, 0.05) is 19.6 Å². The van der Waals surface area contributed by atoms with Crippen LogP contribution in [0.2, 0.25) is 0 Å². The summed E-state index contributed by atoms with van der Waals surface area (Å²) in [5.41, 5.74) is 1.85. The highest BCUT2D eigenvalue weighted by molar-refractivity contribution is 5.37. The maximum atomic E-state index is 9.08. The van der Waals surface area contributed by atoms with E-state index in [1.165, 1.54) is 0 Å². The molecule has 3 heteroatoms. The fourth-order valence-corrected chi connectivity index (χ4v) is 2.43. The van der Waals surface area contributed by atoms with Gasteiger partial charge in [-0.05, 0) is 23.8 Å². The summed E-state index contributed by atoms with van der Waals surface area (Å²) in [6, 6.07) is 19.9. The molecule has 1 fully saturated rings. The third-order valence-corrected chi connectivity index (χ3v) is 3.50. The second kappa shape index (κ2) is 5.77. The Morgan fingerprint density at radius 3 is 2.50 bits per heavy atom. The molecule has 0 radical (unpaired) electrons. The molecule has 2 aromatic rings. The first-order valence-corrected chi connectivity index (χ1v) is 6.77. The van der Waals surface area contributed by atoms with E-state index in [2.05, 4.69) is 11.0 Å². The Bertz CT molecular complexity index is 612. The van der Waals surface area contributed by atoms with Gasteiger partial charge < -0.3 is 4.74 Å². The van der Waals surface area contributed by atoms with E-state index in [0.717, 1.165) is 36.5 Å². The van der Waals surface area contributed by atoms with Gasteiger partial charge in [0.25, 0.3) is 0 Å². The normalized spacial score (nSPS) is 15.3.